The fourth-order valence-corrected chi connectivity index (χ4v) is 19.4. The molecule has 5 aliphatic heterocycles. The summed E-state index contributed by atoms with van der Waals surface area (Å²) >= 11 is 6.91. The van der Waals surface area contributed by atoms with Crippen molar-refractivity contribution in [1.82, 2.24) is 52.4 Å². The molecule has 5 aliphatic rings. The van der Waals surface area contributed by atoms with Gasteiger partial charge in [0.1, 0.15) is 88.3 Å². The lowest BCUT2D eigenvalue weighted by Crippen LogP contribution is -2.72. The van der Waals surface area contributed by atoms with Crippen LogP contribution in [0.3, 0.4) is 0 Å². The van der Waals surface area contributed by atoms with Crippen LogP contribution in [-0.4, -0.2) is 245 Å². The fourth-order valence-electron chi connectivity index (χ4n) is 14.8. The number of anilines is 1. The molecule has 32 nitrogen and oxygen atoms in total. The van der Waals surface area contributed by atoms with Crippen LogP contribution in [0.1, 0.15) is 115 Å². The number of carbonyl (C=O) groups excluding carboxylic acids is 11. The van der Waals surface area contributed by atoms with Gasteiger partial charge in [0, 0.05) is 100.0 Å². The first kappa shape index (κ1) is 95.0. The van der Waals surface area contributed by atoms with E-state index in [1.807, 2.05) is 31.2 Å². The highest BCUT2D eigenvalue weighted by atomic mass is 35.5. The number of H-pyrrole nitrogens is 1. The lowest BCUT2D eigenvalue weighted by atomic mass is 9.72. The maximum atomic E-state index is 15.1. The average molecular weight is 1760 g/mol. The number of aliphatic hydroxyl groups excluding tert-OH is 1. The number of esters is 1. The largest absolute Gasteiger partial charge is 0.508 e. The molecule has 3 fully saturated rings. The topological polar surface area (TPSA) is 465 Å². The molecule has 0 radical (unpaired) electrons. The zero-order valence-corrected chi connectivity index (χ0v) is 72.8. The average Bonchev–Trinajstić information content (AvgIpc) is 0.790. The molecule has 3 saturated heterocycles. The van der Waals surface area contributed by atoms with Crippen LogP contribution in [0, 0.1) is 5.92 Å². The van der Waals surface area contributed by atoms with Crippen molar-refractivity contribution < 1.29 is 91.7 Å². The number of allylic oxidation sites excluding steroid dienone is 1. The van der Waals surface area contributed by atoms with Gasteiger partial charge in [-0.3, -0.25) is 48.5 Å². The number of amides is 10. The van der Waals surface area contributed by atoms with Gasteiger partial charge in [0.2, 0.25) is 53.2 Å². The number of rotatable bonds is 27. The first-order valence-corrected chi connectivity index (χ1v) is 45.3. The molecule has 4 aromatic carbocycles. The number of carbonyl (C=O) groups is 11. The number of nitrogens with one attached hydrogen (secondary N) is 9. The van der Waals surface area contributed by atoms with E-state index in [2.05, 4.69) is 47.5 Å². The van der Waals surface area contributed by atoms with Crippen LogP contribution < -0.4 is 63.6 Å². The number of fused-ring (bicyclic) bond motifs is 8. The second-order valence-electron chi connectivity index (χ2n) is 31.2. The second kappa shape index (κ2) is 44.3. The number of ether oxygens (including phenoxy) is 5. The molecule has 16 N–H and O–H groups in total. The Kier molecular flexibility index (Phi) is 35.1. The second-order valence-corrected chi connectivity index (χ2v) is 36.9. The molecule has 10 amide bonds. The third-order valence-electron chi connectivity index (χ3n) is 21.8. The van der Waals surface area contributed by atoms with Crippen molar-refractivity contribution in [3.63, 3.8) is 0 Å². The number of nitrogens with zero attached hydrogens (tertiary/aromatic N) is 2. The quantitative estimate of drug-likeness (QED) is 0.0141. The molecule has 1 aromatic heterocycles. The van der Waals surface area contributed by atoms with Gasteiger partial charge in [-0.15, -0.1) is 0 Å². The highest BCUT2D eigenvalue weighted by molar-refractivity contribution is 8.77. The Morgan fingerprint density at radius 3 is 2.17 bits per heavy atom. The minimum Gasteiger partial charge on any atom is -0.508 e. The molecule has 37 heteroatoms. The van der Waals surface area contributed by atoms with E-state index in [9.17, 15) is 58.5 Å². The van der Waals surface area contributed by atoms with Crippen LogP contribution in [0.2, 0.25) is 5.02 Å². The zero-order valence-electron chi connectivity index (χ0n) is 68.8. The highest BCUT2D eigenvalue weighted by Gasteiger charge is 2.63. The van der Waals surface area contributed by atoms with Gasteiger partial charge in [0.25, 0.3) is 0 Å². The van der Waals surface area contributed by atoms with Crippen LogP contribution in [-0.2, 0) is 92.6 Å². The number of unbranched alkanes of at least 4 members (excludes halogenated alkanes) is 2. The zero-order chi connectivity index (χ0) is 87.2. The monoisotopic (exact) mass is 1760 g/mol. The lowest BCUT2D eigenvalue weighted by molar-refractivity contribution is -0.328. The van der Waals surface area contributed by atoms with Gasteiger partial charge in [-0.25, -0.2) is 9.59 Å². The molecule has 2 unspecified atom stereocenters. The Labute approximate surface area is 719 Å². The van der Waals surface area contributed by atoms with Gasteiger partial charge < -0.3 is 102 Å². The van der Waals surface area contributed by atoms with E-state index in [-0.39, 0.29) is 91.2 Å². The summed E-state index contributed by atoms with van der Waals surface area (Å²) in [5.74, 6) is -7.22. The van der Waals surface area contributed by atoms with E-state index in [4.69, 9.17) is 46.8 Å². The summed E-state index contributed by atoms with van der Waals surface area (Å²) in [6.45, 7) is 8.46. The number of alkyl carbamates (subject to hydrolysis) is 1. The third-order valence-corrected chi connectivity index (χ3v) is 27.0. The van der Waals surface area contributed by atoms with Crippen LogP contribution in [0.5, 0.6) is 11.5 Å². The van der Waals surface area contributed by atoms with Crippen LogP contribution in [0.25, 0.3) is 10.9 Å². The van der Waals surface area contributed by atoms with E-state index in [1.165, 1.54) is 78.6 Å². The molecule has 6 heterocycles. The molecule has 10 rings (SSSR count). The SMILES string of the molecule is COc1cc2cc(c1Cl)N(C)C(=O)C[C@H](OC(=O)[C@H](C)N(C)C(=O)CCSSCCNC(=O)[C@@H]1CSSC[C@H](NC(=O)[C@H](N)Cc3ccccc3)C(=O)N[C@@H](Cc3ccc(O)cc3)C(=O)N[C@H](Cc3c[nH]c4ccccc34)C(=O)N[C@@H](CCCCCN)C(=O)N[C@@H]([C@@H](C)O)C(=O)N1)[C@@]1(C)CC(C)(O1)[C@@H]1C[C@@](O)(NC(=O)O1)[C@H](OC)/C=C/CC(C)C2. The number of phenolic OH excluding ortho intramolecular Hbond substituents is 1. The van der Waals surface area contributed by atoms with Gasteiger partial charge in [-0.05, 0) is 125 Å². The van der Waals surface area contributed by atoms with Crippen LogP contribution in [0.15, 0.2) is 109 Å². The Bertz CT molecular complexity index is 4430. The van der Waals surface area contributed by atoms with Crippen molar-refractivity contribution in [2.75, 3.05) is 69.3 Å². The first-order chi connectivity index (χ1) is 57.1. The number of phenols is 1. The smallest absolute Gasteiger partial charge is 0.409 e. The molecular formula is C83H112ClN13O19S4. The standard InChI is InChI=1S/C83H112ClN13O19S4/c1-47-19-18-25-65(113-9)83(111)42-67(115-80(110)95-83)82(5)46-81(4,116-82)66(41-69(101)97(7)63-38-52(35-47)39-64(112-8)70(63)84)114-79(109)48(2)96(6)68(100)30-33-117-118-34-32-87-73(103)61-44-119-120-45-62(92-72(102)56(86)36-50-20-12-10-13-21-50)77(107)90-59(37-51-26-28-54(99)29-27-51)75(105)91-60(40-53-43-88-57-23-16-15-22-55(53)57)76(106)89-58(24-14-11-17-31-85)74(104)94-71(49(3)98)78(108)93-61/h10,12-13,15-16,18,20-23,25-29,38-39,43,47-49,56,58-62,65-67,71,88,98-99,111H,11,14,17,19,24,30-37,40-42,44-46,85-86H2,1-9H3,(H,87,103)(H,89,106)(H,90,107)(H,91,105)(H,92,102)(H,93,108)(H,94,104)(H,95,110)/b25-18+/t47?,48-,49+,56+,58-,59-,60+,61-,62-,65+,66-,67-,71-,81+,82?,83-/m0/s1. The third kappa shape index (κ3) is 25.9. The maximum absolute atomic E-state index is 15.1. The van der Waals surface area contributed by atoms with Crippen molar-refractivity contribution >= 4 is 137 Å². The summed E-state index contributed by atoms with van der Waals surface area (Å²) in [4.78, 5) is 165. The summed E-state index contributed by atoms with van der Waals surface area (Å²) < 4.78 is 30.1. The van der Waals surface area contributed by atoms with Crippen molar-refractivity contribution in [1.29, 1.82) is 0 Å². The minimum atomic E-state index is -1.93. The molecule has 0 aliphatic carbocycles. The van der Waals surface area contributed by atoms with E-state index in [0.717, 1.165) is 43.6 Å². The first-order valence-electron chi connectivity index (χ1n) is 39.9. The summed E-state index contributed by atoms with van der Waals surface area (Å²) in [7, 11) is 10.5. The van der Waals surface area contributed by atoms with Gasteiger partial charge in [0.05, 0.1) is 31.4 Å². The van der Waals surface area contributed by atoms with Gasteiger partial charge in [0.15, 0.2) is 5.72 Å². The number of para-hydroxylation sites is 1. The number of hydrogen-bond acceptors (Lipinski definition) is 25. The lowest BCUT2D eigenvalue weighted by Gasteiger charge is -2.59. The number of aromatic nitrogens is 1. The van der Waals surface area contributed by atoms with E-state index < -0.39 is 161 Å². The van der Waals surface area contributed by atoms with Gasteiger partial charge in [-0.2, -0.15) is 0 Å². The number of nitrogens with two attached hydrogens (primary N) is 2. The fraction of sp³-hybridized carbons (Fsp3) is 0.530. The molecule has 120 heavy (non-hydrogen) atoms. The number of methoxy groups -OCH3 is 2. The van der Waals surface area contributed by atoms with Crippen LogP contribution >= 0.6 is 54.8 Å². The predicted molar refractivity (Wildman–Crippen MR) is 461 cm³/mol. The van der Waals surface area contributed by atoms with Crippen LogP contribution in [0.4, 0.5) is 10.5 Å². The number of aliphatic hydroxyl groups is 2. The number of benzene rings is 4. The molecule has 5 aromatic rings. The summed E-state index contributed by atoms with van der Waals surface area (Å²) in [5, 5.41) is 56.3. The van der Waals surface area contributed by atoms with Crippen molar-refractivity contribution in [3.05, 3.63) is 137 Å². The number of likely N-dealkylation sites (N-methyl/N-ethyl adjacent to an activating group) is 1. The predicted octanol–water partition coefficient (Wildman–Crippen LogP) is 5.07. The highest BCUT2D eigenvalue weighted by Crippen LogP contribution is 2.51. The summed E-state index contributed by atoms with van der Waals surface area (Å²) in [6, 6.07) is 14.6. The molecular weight excluding hydrogens is 1650 g/mol. The van der Waals surface area contributed by atoms with E-state index in [0.29, 0.717) is 61.2 Å². The number of halogens is 1. The molecule has 654 valence electrons. The number of hydrogen-bond donors (Lipinski definition) is 14. The van der Waals surface area contributed by atoms with Crippen molar-refractivity contribution in [2.45, 2.75) is 208 Å². The molecule has 0 spiro atoms. The van der Waals surface area contributed by atoms with Crippen molar-refractivity contribution in [2.24, 2.45) is 17.4 Å². The van der Waals surface area contributed by atoms with Crippen molar-refractivity contribution in [3.8, 4) is 11.5 Å². The Morgan fingerprint density at radius 1 is 0.808 bits per heavy atom. The summed E-state index contributed by atoms with van der Waals surface area (Å²) in [6.07, 6.45) is 1.10. The molecule has 0 saturated carbocycles. The number of aromatic amines is 1. The number of aromatic hydroxyl groups is 1. The van der Waals surface area contributed by atoms with E-state index in [1.54, 1.807) is 93.8 Å². The molecule has 6 bridgehead atoms. The minimum absolute atomic E-state index is 0.0125. The maximum Gasteiger partial charge on any atom is 0.409 e. The Hall–Kier alpha value is -8.82. The van der Waals surface area contributed by atoms with Gasteiger partial charge >= 0.3 is 12.1 Å². The summed E-state index contributed by atoms with van der Waals surface area (Å²) in [5.41, 5.74) is 11.4. The van der Waals surface area contributed by atoms with Gasteiger partial charge in [-0.1, -0.05) is 147 Å². The van der Waals surface area contributed by atoms with E-state index >= 15 is 9.59 Å². The Balaban J connectivity index is 0.884. The molecule has 16 atom stereocenters. The Morgan fingerprint density at radius 2 is 1.48 bits per heavy atom. The normalized spacial score (nSPS) is 26.7.